The summed E-state index contributed by atoms with van der Waals surface area (Å²) >= 11 is 0. The van der Waals surface area contributed by atoms with Gasteiger partial charge in [0.2, 0.25) is 6.29 Å². The van der Waals surface area contributed by atoms with Crippen LogP contribution in [0.3, 0.4) is 0 Å². The largest absolute Gasteiger partial charge is 0.466 e. The van der Waals surface area contributed by atoms with Gasteiger partial charge in [-0.25, -0.2) is 9.59 Å². The van der Waals surface area contributed by atoms with Crippen molar-refractivity contribution in [2.75, 3.05) is 33.9 Å². The Morgan fingerprint density at radius 1 is 1.28 bits per heavy atom. The van der Waals surface area contributed by atoms with Gasteiger partial charge in [0, 0.05) is 18.9 Å². The smallest absolute Gasteiger partial charge is 0.412 e. The number of carbonyl (C=O) groups is 2. The van der Waals surface area contributed by atoms with Gasteiger partial charge in [-0.2, -0.15) is 0 Å². The first-order chi connectivity index (χ1) is 12.0. The first kappa shape index (κ1) is 18.0. The SMILES string of the molecule is COC(=O)C1=COC(OC(=O)N(C)CC2OCCO2)C2C(C)CCC12. The lowest BCUT2D eigenvalue weighted by Crippen LogP contribution is -2.43. The van der Waals surface area contributed by atoms with E-state index in [1.807, 2.05) is 0 Å². The van der Waals surface area contributed by atoms with Crippen molar-refractivity contribution in [2.45, 2.75) is 32.3 Å². The Kier molecular flexibility index (Phi) is 5.48. The van der Waals surface area contributed by atoms with Crippen molar-refractivity contribution in [3.63, 3.8) is 0 Å². The lowest BCUT2D eigenvalue weighted by Gasteiger charge is -2.35. The van der Waals surface area contributed by atoms with Crippen LogP contribution in [-0.2, 0) is 28.5 Å². The summed E-state index contributed by atoms with van der Waals surface area (Å²) in [5.74, 6) is -0.180. The number of esters is 1. The molecule has 8 heteroatoms. The third-order valence-electron chi connectivity index (χ3n) is 5.16. The van der Waals surface area contributed by atoms with Crippen LogP contribution in [0.25, 0.3) is 0 Å². The first-order valence-corrected chi connectivity index (χ1v) is 8.60. The van der Waals surface area contributed by atoms with E-state index in [0.29, 0.717) is 25.3 Å². The lowest BCUT2D eigenvalue weighted by atomic mass is 9.83. The van der Waals surface area contributed by atoms with Gasteiger partial charge in [-0.05, 0) is 18.8 Å². The number of methoxy groups -OCH3 is 1. The normalized spacial score (nSPS) is 31.7. The number of fused-ring (bicyclic) bond motifs is 1. The highest BCUT2D eigenvalue weighted by Crippen LogP contribution is 2.46. The van der Waals surface area contributed by atoms with Crippen LogP contribution in [-0.4, -0.2) is 63.5 Å². The molecule has 140 valence electrons. The number of ether oxygens (including phenoxy) is 5. The Hall–Kier alpha value is -1.80. The van der Waals surface area contributed by atoms with E-state index in [4.69, 9.17) is 23.7 Å². The Balaban J connectivity index is 1.64. The molecule has 4 atom stereocenters. The van der Waals surface area contributed by atoms with Gasteiger partial charge in [-0.1, -0.05) is 6.92 Å². The summed E-state index contributed by atoms with van der Waals surface area (Å²) in [6.07, 6.45) is 1.54. The van der Waals surface area contributed by atoms with Crippen LogP contribution < -0.4 is 0 Å². The van der Waals surface area contributed by atoms with E-state index in [1.54, 1.807) is 7.05 Å². The molecule has 3 rings (SSSR count). The minimum Gasteiger partial charge on any atom is -0.466 e. The van der Waals surface area contributed by atoms with Gasteiger partial charge in [-0.15, -0.1) is 0 Å². The first-order valence-electron chi connectivity index (χ1n) is 8.60. The minimum atomic E-state index is -0.712. The number of amides is 1. The Morgan fingerprint density at radius 2 is 2.00 bits per heavy atom. The fraction of sp³-hybridized carbons (Fsp3) is 0.765. The zero-order valence-electron chi connectivity index (χ0n) is 14.8. The van der Waals surface area contributed by atoms with Crippen molar-refractivity contribution in [3.8, 4) is 0 Å². The molecule has 2 heterocycles. The molecule has 2 fully saturated rings. The van der Waals surface area contributed by atoms with Crippen molar-refractivity contribution < 1.29 is 33.3 Å². The van der Waals surface area contributed by atoms with Crippen LogP contribution in [0.5, 0.6) is 0 Å². The fourth-order valence-corrected chi connectivity index (χ4v) is 3.79. The molecule has 25 heavy (non-hydrogen) atoms. The van der Waals surface area contributed by atoms with Crippen LogP contribution in [0.2, 0.25) is 0 Å². The quantitative estimate of drug-likeness (QED) is 0.707. The maximum absolute atomic E-state index is 12.4. The zero-order chi connectivity index (χ0) is 18.0. The predicted molar refractivity (Wildman–Crippen MR) is 85.2 cm³/mol. The van der Waals surface area contributed by atoms with Gasteiger partial charge in [0.15, 0.2) is 6.29 Å². The molecule has 2 aliphatic heterocycles. The highest BCUT2D eigenvalue weighted by Gasteiger charge is 2.48. The van der Waals surface area contributed by atoms with E-state index in [9.17, 15) is 9.59 Å². The van der Waals surface area contributed by atoms with E-state index < -0.39 is 18.7 Å². The zero-order valence-corrected chi connectivity index (χ0v) is 14.8. The molecule has 1 amide bonds. The van der Waals surface area contributed by atoms with E-state index in [2.05, 4.69) is 6.92 Å². The topological polar surface area (TPSA) is 83.5 Å². The molecule has 3 aliphatic rings. The molecule has 0 aromatic carbocycles. The standard InChI is InChI=1S/C17H25NO7/c1-10-4-5-11-12(15(19)21-3)9-24-16(14(10)11)25-17(20)18(2)8-13-22-6-7-23-13/h9-11,13-14,16H,4-8H2,1-3H3. The maximum atomic E-state index is 12.4. The van der Waals surface area contributed by atoms with Crippen molar-refractivity contribution in [3.05, 3.63) is 11.8 Å². The average Bonchev–Trinajstić information content (AvgIpc) is 3.24. The Labute approximate surface area is 147 Å². The molecule has 0 bridgehead atoms. The van der Waals surface area contributed by atoms with Crippen molar-refractivity contribution >= 4 is 12.1 Å². The number of carbonyl (C=O) groups excluding carboxylic acids is 2. The summed E-state index contributed by atoms with van der Waals surface area (Å²) in [4.78, 5) is 25.7. The van der Waals surface area contributed by atoms with Gasteiger partial charge in [0.05, 0.1) is 38.7 Å². The molecule has 0 aromatic heterocycles. The molecule has 0 spiro atoms. The summed E-state index contributed by atoms with van der Waals surface area (Å²) in [6, 6.07) is 0. The average molecular weight is 355 g/mol. The van der Waals surface area contributed by atoms with Crippen molar-refractivity contribution in [2.24, 2.45) is 17.8 Å². The third-order valence-corrected chi connectivity index (χ3v) is 5.16. The summed E-state index contributed by atoms with van der Waals surface area (Å²) in [5.41, 5.74) is 0.519. The highest BCUT2D eigenvalue weighted by molar-refractivity contribution is 5.89. The molecule has 0 aromatic rings. The number of likely N-dealkylation sites (N-methyl/N-ethyl adjacent to an activating group) is 1. The van der Waals surface area contributed by atoms with Crippen LogP contribution in [0.1, 0.15) is 19.8 Å². The molecule has 1 saturated carbocycles. The van der Waals surface area contributed by atoms with Gasteiger partial charge in [-0.3, -0.25) is 0 Å². The van der Waals surface area contributed by atoms with Gasteiger partial charge >= 0.3 is 12.1 Å². The van der Waals surface area contributed by atoms with E-state index in [-0.39, 0.29) is 23.7 Å². The molecular weight excluding hydrogens is 330 g/mol. The second kappa shape index (κ2) is 7.61. The Bertz CT molecular complexity index is 543. The van der Waals surface area contributed by atoms with E-state index >= 15 is 0 Å². The lowest BCUT2D eigenvalue weighted by molar-refractivity contribution is -0.148. The number of rotatable bonds is 4. The van der Waals surface area contributed by atoms with Crippen LogP contribution in [0.4, 0.5) is 4.79 Å². The maximum Gasteiger partial charge on any atom is 0.412 e. The monoisotopic (exact) mass is 355 g/mol. The Morgan fingerprint density at radius 3 is 2.68 bits per heavy atom. The second-order valence-electron chi connectivity index (χ2n) is 6.74. The van der Waals surface area contributed by atoms with Gasteiger partial charge < -0.3 is 28.6 Å². The molecule has 0 radical (unpaired) electrons. The minimum absolute atomic E-state index is 0.0131. The number of nitrogens with zero attached hydrogens (tertiary/aromatic N) is 1. The second-order valence-corrected chi connectivity index (χ2v) is 6.74. The predicted octanol–water partition coefficient (Wildman–Crippen LogP) is 1.50. The number of hydrogen-bond acceptors (Lipinski definition) is 7. The molecule has 1 aliphatic carbocycles. The fourth-order valence-electron chi connectivity index (χ4n) is 3.79. The summed E-state index contributed by atoms with van der Waals surface area (Å²) in [7, 11) is 2.98. The van der Waals surface area contributed by atoms with Crippen LogP contribution >= 0.6 is 0 Å². The van der Waals surface area contributed by atoms with Crippen molar-refractivity contribution in [1.29, 1.82) is 0 Å². The summed E-state index contributed by atoms with van der Waals surface area (Å²) in [6.45, 7) is 3.43. The number of hydrogen-bond donors (Lipinski definition) is 0. The van der Waals surface area contributed by atoms with Crippen LogP contribution in [0.15, 0.2) is 11.8 Å². The van der Waals surface area contributed by atoms with Gasteiger partial charge in [0.25, 0.3) is 0 Å². The molecule has 8 nitrogen and oxygen atoms in total. The summed E-state index contributed by atoms with van der Waals surface area (Å²) < 4.78 is 26.7. The molecular formula is C17H25NO7. The van der Waals surface area contributed by atoms with Gasteiger partial charge in [0.1, 0.15) is 0 Å². The highest BCUT2D eigenvalue weighted by atomic mass is 16.7. The molecule has 0 N–H and O–H groups in total. The van der Waals surface area contributed by atoms with E-state index in [1.165, 1.54) is 18.3 Å². The van der Waals surface area contributed by atoms with E-state index in [0.717, 1.165) is 12.8 Å². The summed E-state index contributed by atoms with van der Waals surface area (Å²) in [5, 5.41) is 0. The molecule has 1 saturated heterocycles. The molecule has 4 unspecified atom stereocenters. The van der Waals surface area contributed by atoms with Crippen molar-refractivity contribution in [1.82, 2.24) is 4.90 Å². The van der Waals surface area contributed by atoms with Crippen LogP contribution in [0, 0.1) is 17.8 Å². The third kappa shape index (κ3) is 3.74.